The highest BCUT2D eigenvalue weighted by Gasteiger charge is 2.32. The lowest BCUT2D eigenvalue weighted by atomic mass is 10.0. The highest BCUT2D eigenvalue weighted by atomic mass is 35.5. The van der Waals surface area contributed by atoms with E-state index in [4.69, 9.17) is 40.5 Å². The van der Waals surface area contributed by atoms with Crippen molar-refractivity contribution in [1.29, 1.82) is 0 Å². The zero-order valence-electron chi connectivity index (χ0n) is 15.0. The Morgan fingerprint density at radius 2 is 1.82 bits per heavy atom. The third-order valence-electron chi connectivity index (χ3n) is 4.95. The fourth-order valence-electron chi connectivity index (χ4n) is 3.52. The standard InChI is InChI=1S/C20H19Cl2FN4S/c21-14-5-8-18(16(22)11-14)27-19(13-3-6-15(23)7-4-13)12-17(24-27)20(28)25-26-9-1-2-10-26/h3-8,11,19H,1-2,9-10,12H2,(H,25,28). The van der Waals surface area contributed by atoms with Gasteiger partial charge in [-0.25, -0.2) is 9.40 Å². The average molecular weight is 437 g/mol. The van der Waals surface area contributed by atoms with Crippen molar-refractivity contribution in [3.63, 3.8) is 0 Å². The second kappa shape index (κ2) is 8.33. The smallest absolute Gasteiger partial charge is 0.137 e. The fraction of sp³-hybridized carbons (Fsp3) is 0.300. The first-order valence-electron chi connectivity index (χ1n) is 9.14. The first-order valence-corrected chi connectivity index (χ1v) is 10.3. The Bertz CT molecular complexity index is 913. The van der Waals surface area contributed by atoms with Crippen LogP contribution < -0.4 is 10.4 Å². The monoisotopic (exact) mass is 436 g/mol. The lowest BCUT2D eigenvalue weighted by Gasteiger charge is -2.25. The maximum atomic E-state index is 13.4. The molecule has 1 fully saturated rings. The van der Waals surface area contributed by atoms with Crippen molar-refractivity contribution >= 4 is 51.8 Å². The van der Waals surface area contributed by atoms with Crippen LogP contribution in [-0.4, -0.2) is 28.8 Å². The number of nitrogens with zero attached hydrogens (tertiary/aromatic N) is 3. The van der Waals surface area contributed by atoms with Crippen LogP contribution in [0.4, 0.5) is 10.1 Å². The number of hydrazine groups is 1. The molecule has 146 valence electrons. The van der Waals surface area contributed by atoms with E-state index in [2.05, 4.69) is 10.4 Å². The summed E-state index contributed by atoms with van der Waals surface area (Å²) in [5.74, 6) is -0.273. The van der Waals surface area contributed by atoms with Gasteiger partial charge in [0.05, 0.1) is 22.5 Å². The second-order valence-corrected chi connectivity index (χ2v) is 8.15. The molecule has 0 aliphatic carbocycles. The molecule has 0 aromatic heterocycles. The molecule has 8 heteroatoms. The number of hydrogen-bond acceptors (Lipinski definition) is 4. The van der Waals surface area contributed by atoms with Gasteiger partial charge in [-0.1, -0.05) is 47.6 Å². The highest BCUT2D eigenvalue weighted by Crippen LogP contribution is 2.39. The zero-order chi connectivity index (χ0) is 19.7. The van der Waals surface area contributed by atoms with Gasteiger partial charge in [-0.3, -0.25) is 5.01 Å². The van der Waals surface area contributed by atoms with Crippen molar-refractivity contribution in [1.82, 2.24) is 10.4 Å². The molecule has 2 heterocycles. The third kappa shape index (κ3) is 4.15. The average Bonchev–Trinajstić information content (AvgIpc) is 3.32. The normalized spacial score (nSPS) is 19.8. The van der Waals surface area contributed by atoms with E-state index in [9.17, 15) is 4.39 Å². The van der Waals surface area contributed by atoms with Crippen molar-refractivity contribution in [3.05, 3.63) is 63.9 Å². The summed E-state index contributed by atoms with van der Waals surface area (Å²) in [4.78, 5) is 0.613. The predicted octanol–water partition coefficient (Wildman–Crippen LogP) is 5.37. The topological polar surface area (TPSA) is 30.9 Å². The summed E-state index contributed by atoms with van der Waals surface area (Å²) >= 11 is 18.1. The molecular weight excluding hydrogens is 418 g/mol. The predicted molar refractivity (Wildman–Crippen MR) is 117 cm³/mol. The van der Waals surface area contributed by atoms with Crippen LogP contribution in [0.5, 0.6) is 0 Å². The van der Waals surface area contributed by atoms with Crippen LogP contribution in [0.2, 0.25) is 10.0 Å². The lowest BCUT2D eigenvalue weighted by molar-refractivity contribution is 0.299. The fourth-order valence-corrected chi connectivity index (χ4v) is 4.27. The number of anilines is 1. The maximum absolute atomic E-state index is 13.4. The quantitative estimate of drug-likeness (QED) is 0.652. The van der Waals surface area contributed by atoms with Gasteiger partial charge in [0, 0.05) is 24.5 Å². The first kappa shape index (κ1) is 19.6. The molecule has 0 bridgehead atoms. The molecule has 4 rings (SSSR count). The summed E-state index contributed by atoms with van der Waals surface area (Å²) in [6.07, 6.45) is 2.92. The molecule has 0 radical (unpaired) electrons. The molecule has 28 heavy (non-hydrogen) atoms. The Kier molecular flexibility index (Phi) is 5.83. The molecule has 1 saturated heterocycles. The number of nitrogens with one attached hydrogen (secondary N) is 1. The van der Waals surface area contributed by atoms with Gasteiger partial charge in [0.25, 0.3) is 0 Å². The van der Waals surface area contributed by atoms with Crippen molar-refractivity contribution in [2.24, 2.45) is 5.10 Å². The van der Waals surface area contributed by atoms with E-state index in [0.717, 1.165) is 42.9 Å². The Morgan fingerprint density at radius 3 is 2.50 bits per heavy atom. The molecule has 1 unspecified atom stereocenters. The van der Waals surface area contributed by atoms with Gasteiger partial charge in [-0.2, -0.15) is 5.10 Å². The van der Waals surface area contributed by atoms with E-state index >= 15 is 0 Å². The molecule has 2 aliphatic rings. The van der Waals surface area contributed by atoms with Crippen molar-refractivity contribution < 1.29 is 4.39 Å². The number of halogens is 3. The minimum absolute atomic E-state index is 0.132. The Balaban J connectivity index is 1.65. The van der Waals surface area contributed by atoms with E-state index in [1.807, 2.05) is 11.1 Å². The summed E-state index contributed by atoms with van der Waals surface area (Å²) in [7, 11) is 0. The number of thiocarbonyl (C=S) groups is 1. The molecule has 0 spiro atoms. The van der Waals surface area contributed by atoms with Crippen molar-refractivity contribution in [2.75, 3.05) is 18.1 Å². The molecule has 1 N–H and O–H groups in total. The third-order valence-corrected chi connectivity index (χ3v) is 5.81. The molecule has 2 aliphatic heterocycles. The van der Waals surface area contributed by atoms with Crippen LogP contribution in [0.25, 0.3) is 0 Å². The zero-order valence-corrected chi connectivity index (χ0v) is 17.4. The van der Waals surface area contributed by atoms with Crippen LogP contribution in [0.1, 0.15) is 30.9 Å². The first-order chi connectivity index (χ1) is 13.5. The molecule has 0 amide bonds. The van der Waals surface area contributed by atoms with Gasteiger partial charge < -0.3 is 5.43 Å². The second-order valence-electron chi connectivity index (χ2n) is 6.89. The van der Waals surface area contributed by atoms with E-state index in [1.165, 1.54) is 12.1 Å². The molecule has 0 saturated carbocycles. The largest absolute Gasteiger partial charge is 0.308 e. The SMILES string of the molecule is Fc1ccc(C2CC(C(=S)NN3CCCC3)=NN2c2ccc(Cl)cc2Cl)cc1. The number of rotatable bonds is 4. The van der Waals surface area contributed by atoms with Gasteiger partial charge in [0.2, 0.25) is 0 Å². The van der Waals surface area contributed by atoms with Crippen LogP contribution in [0.3, 0.4) is 0 Å². The lowest BCUT2D eigenvalue weighted by Crippen LogP contribution is -2.42. The Labute approximate surface area is 178 Å². The van der Waals surface area contributed by atoms with Crippen LogP contribution in [-0.2, 0) is 0 Å². The summed E-state index contributed by atoms with van der Waals surface area (Å²) in [5.41, 5.74) is 5.75. The van der Waals surface area contributed by atoms with Crippen LogP contribution in [0.15, 0.2) is 47.6 Å². The summed E-state index contributed by atoms with van der Waals surface area (Å²) in [6.45, 7) is 1.95. The van der Waals surface area contributed by atoms with Gasteiger partial charge in [-0.05, 0) is 48.7 Å². The van der Waals surface area contributed by atoms with E-state index < -0.39 is 0 Å². The Hall–Kier alpha value is -1.73. The van der Waals surface area contributed by atoms with Crippen molar-refractivity contribution in [3.8, 4) is 0 Å². The van der Waals surface area contributed by atoms with E-state index in [0.29, 0.717) is 21.5 Å². The minimum atomic E-state index is -0.273. The molecular formula is C20H19Cl2FN4S. The number of hydrazone groups is 1. The maximum Gasteiger partial charge on any atom is 0.137 e. The Morgan fingerprint density at radius 1 is 1.11 bits per heavy atom. The number of benzene rings is 2. The molecule has 2 aromatic rings. The summed E-state index contributed by atoms with van der Waals surface area (Å²) in [5, 5.41) is 9.80. The summed E-state index contributed by atoms with van der Waals surface area (Å²) in [6, 6.07) is 11.6. The van der Waals surface area contributed by atoms with Crippen LogP contribution in [0, 0.1) is 5.82 Å². The van der Waals surface area contributed by atoms with Gasteiger partial charge in [0.1, 0.15) is 10.8 Å². The summed E-state index contributed by atoms with van der Waals surface area (Å²) < 4.78 is 13.4. The minimum Gasteiger partial charge on any atom is -0.308 e. The van der Waals surface area contributed by atoms with E-state index in [-0.39, 0.29) is 11.9 Å². The van der Waals surface area contributed by atoms with Gasteiger partial charge in [-0.15, -0.1) is 0 Å². The molecule has 1 atom stereocenters. The molecule has 2 aromatic carbocycles. The molecule has 4 nitrogen and oxygen atoms in total. The van der Waals surface area contributed by atoms with E-state index in [1.54, 1.807) is 24.3 Å². The van der Waals surface area contributed by atoms with Crippen LogP contribution >= 0.6 is 35.4 Å². The number of hydrogen-bond donors (Lipinski definition) is 1. The van der Waals surface area contributed by atoms with Crippen molar-refractivity contribution in [2.45, 2.75) is 25.3 Å². The van der Waals surface area contributed by atoms with Gasteiger partial charge >= 0.3 is 0 Å². The highest BCUT2D eigenvalue weighted by molar-refractivity contribution is 7.82. The van der Waals surface area contributed by atoms with Gasteiger partial charge in [0.15, 0.2) is 0 Å².